The van der Waals surface area contributed by atoms with Crippen molar-refractivity contribution >= 4 is 28.3 Å². The molecule has 0 saturated carbocycles. The van der Waals surface area contributed by atoms with Crippen LogP contribution in [0.4, 0.5) is 5.13 Å². The Kier molecular flexibility index (Phi) is 3.81. The second-order valence-electron chi connectivity index (χ2n) is 4.16. The molecule has 98 valence electrons. The van der Waals surface area contributed by atoms with E-state index in [1.54, 1.807) is 10.3 Å². The molecular weight excluding hydrogens is 252 g/mol. The Bertz CT molecular complexity index is 460. The molecule has 0 aliphatic carbocycles. The molecule has 1 saturated heterocycles. The van der Waals surface area contributed by atoms with Crippen molar-refractivity contribution in [3.05, 3.63) is 11.1 Å². The molecule has 1 aromatic heterocycles. The SMILES string of the molecule is CCC1C(=O)NCCN1C(=O)Cc1csc(N)n1. The maximum atomic E-state index is 12.2. The Labute approximate surface area is 109 Å². The quantitative estimate of drug-likeness (QED) is 0.808. The van der Waals surface area contributed by atoms with Gasteiger partial charge in [-0.2, -0.15) is 0 Å². The van der Waals surface area contributed by atoms with Gasteiger partial charge in [-0.05, 0) is 6.42 Å². The van der Waals surface area contributed by atoms with Gasteiger partial charge in [0.05, 0.1) is 12.1 Å². The number of hydrogen-bond acceptors (Lipinski definition) is 5. The average Bonchev–Trinajstić information content (AvgIpc) is 2.74. The lowest BCUT2D eigenvalue weighted by Crippen LogP contribution is -2.57. The molecule has 3 N–H and O–H groups in total. The number of rotatable bonds is 3. The van der Waals surface area contributed by atoms with Gasteiger partial charge in [0.2, 0.25) is 11.8 Å². The number of amides is 2. The van der Waals surface area contributed by atoms with Gasteiger partial charge in [0, 0.05) is 18.5 Å². The fourth-order valence-electron chi connectivity index (χ4n) is 2.08. The number of anilines is 1. The summed E-state index contributed by atoms with van der Waals surface area (Å²) in [5.74, 6) is -0.142. The number of piperazine rings is 1. The summed E-state index contributed by atoms with van der Waals surface area (Å²) in [5, 5.41) is 5.00. The standard InChI is InChI=1S/C11H16N4O2S/c1-2-8-10(17)13-3-4-15(8)9(16)5-7-6-18-11(12)14-7/h6,8H,2-5H2,1H3,(H2,12,14)(H,13,17). The van der Waals surface area contributed by atoms with E-state index in [-0.39, 0.29) is 24.3 Å². The number of aromatic nitrogens is 1. The lowest BCUT2D eigenvalue weighted by molar-refractivity contribution is -0.142. The van der Waals surface area contributed by atoms with Crippen LogP contribution in [0.3, 0.4) is 0 Å². The fraction of sp³-hybridized carbons (Fsp3) is 0.545. The molecule has 18 heavy (non-hydrogen) atoms. The van der Waals surface area contributed by atoms with Crippen LogP contribution in [0.5, 0.6) is 0 Å². The predicted octanol–water partition coefficient (Wildman–Crippen LogP) is 0.00480. The van der Waals surface area contributed by atoms with Crippen molar-refractivity contribution in [3.8, 4) is 0 Å². The van der Waals surface area contributed by atoms with Crippen molar-refractivity contribution in [2.75, 3.05) is 18.8 Å². The van der Waals surface area contributed by atoms with E-state index in [4.69, 9.17) is 5.73 Å². The zero-order valence-corrected chi connectivity index (χ0v) is 11.0. The number of nitrogens with one attached hydrogen (secondary N) is 1. The number of thiazole rings is 1. The Balaban J connectivity index is 2.05. The van der Waals surface area contributed by atoms with Crippen molar-refractivity contribution in [1.82, 2.24) is 15.2 Å². The monoisotopic (exact) mass is 268 g/mol. The van der Waals surface area contributed by atoms with E-state index >= 15 is 0 Å². The van der Waals surface area contributed by atoms with E-state index in [0.717, 1.165) is 0 Å². The Hall–Kier alpha value is -1.63. The molecule has 2 rings (SSSR count). The number of nitrogen functional groups attached to an aromatic ring is 1. The molecule has 7 heteroatoms. The zero-order chi connectivity index (χ0) is 13.1. The summed E-state index contributed by atoms with van der Waals surface area (Å²) in [5.41, 5.74) is 6.20. The first-order valence-electron chi connectivity index (χ1n) is 5.89. The van der Waals surface area contributed by atoms with E-state index in [2.05, 4.69) is 10.3 Å². The summed E-state index contributed by atoms with van der Waals surface area (Å²) in [6.45, 7) is 2.97. The molecule has 0 aromatic carbocycles. The third kappa shape index (κ3) is 2.61. The van der Waals surface area contributed by atoms with E-state index in [1.165, 1.54) is 11.3 Å². The molecule has 1 aliphatic rings. The number of hydrogen-bond donors (Lipinski definition) is 2. The fourth-order valence-corrected chi connectivity index (χ4v) is 2.64. The molecule has 1 aliphatic heterocycles. The number of carbonyl (C=O) groups is 2. The van der Waals surface area contributed by atoms with Crippen LogP contribution in [0.15, 0.2) is 5.38 Å². The predicted molar refractivity (Wildman–Crippen MR) is 69.0 cm³/mol. The third-order valence-corrected chi connectivity index (χ3v) is 3.66. The first-order valence-corrected chi connectivity index (χ1v) is 6.77. The van der Waals surface area contributed by atoms with Gasteiger partial charge in [0.15, 0.2) is 5.13 Å². The van der Waals surface area contributed by atoms with Crippen molar-refractivity contribution < 1.29 is 9.59 Å². The van der Waals surface area contributed by atoms with Crippen LogP contribution in [0.2, 0.25) is 0 Å². The highest BCUT2D eigenvalue weighted by molar-refractivity contribution is 7.13. The number of carbonyl (C=O) groups excluding carboxylic acids is 2. The minimum absolute atomic E-state index is 0.0676. The Morgan fingerprint density at radius 2 is 2.50 bits per heavy atom. The summed E-state index contributed by atoms with van der Waals surface area (Å²) in [6.07, 6.45) is 0.828. The topological polar surface area (TPSA) is 88.3 Å². The summed E-state index contributed by atoms with van der Waals surface area (Å²) in [7, 11) is 0. The second kappa shape index (κ2) is 5.34. The third-order valence-electron chi connectivity index (χ3n) is 2.94. The molecule has 1 unspecified atom stereocenters. The van der Waals surface area contributed by atoms with Gasteiger partial charge in [0.1, 0.15) is 6.04 Å². The molecule has 0 radical (unpaired) electrons. The van der Waals surface area contributed by atoms with Crippen LogP contribution in [0.25, 0.3) is 0 Å². The maximum Gasteiger partial charge on any atom is 0.242 e. The lowest BCUT2D eigenvalue weighted by Gasteiger charge is -2.34. The Morgan fingerprint density at radius 1 is 1.72 bits per heavy atom. The van der Waals surface area contributed by atoms with E-state index in [1.807, 2.05) is 6.92 Å². The minimum atomic E-state index is -0.359. The zero-order valence-electron chi connectivity index (χ0n) is 10.2. The highest BCUT2D eigenvalue weighted by Gasteiger charge is 2.31. The smallest absolute Gasteiger partial charge is 0.242 e. The molecule has 1 aromatic rings. The first kappa shape index (κ1) is 12.8. The van der Waals surface area contributed by atoms with E-state index in [0.29, 0.717) is 30.3 Å². The van der Waals surface area contributed by atoms with Crippen molar-refractivity contribution in [3.63, 3.8) is 0 Å². The van der Waals surface area contributed by atoms with Gasteiger partial charge >= 0.3 is 0 Å². The van der Waals surface area contributed by atoms with Gasteiger partial charge in [-0.15, -0.1) is 11.3 Å². The van der Waals surface area contributed by atoms with Gasteiger partial charge in [-0.25, -0.2) is 4.98 Å². The van der Waals surface area contributed by atoms with Gasteiger partial charge < -0.3 is 16.0 Å². The van der Waals surface area contributed by atoms with Crippen LogP contribution in [-0.4, -0.2) is 40.8 Å². The number of nitrogens with two attached hydrogens (primary N) is 1. The van der Waals surface area contributed by atoms with Gasteiger partial charge in [-0.1, -0.05) is 6.92 Å². The Morgan fingerprint density at radius 3 is 3.11 bits per heavy atom. The number of nitrogens with zero attached hydrogens (tertiary/aromatic N) is 2. The first-order chi connectivity index (χ1) is 8.61. The van der Waals surface area contributed by atoms with E-state index in [9.17, 15) is 9.59 Å². The molecule has 1 atom stereocenters. The van der Waals surface area contributed by atoms with Gasteiger partial charge in [0.25, 0.3) is 0 Å². The van der Waals surface area contributed by atoms with Crippen LogP contribution in [0.1, 0.15) is 19.0 Å². The van der Waals surface area contributed by atoms with Gasteiger partial charge in [-0.3, -0.25) is 9.59 Å². The molecular formula is C11H16N4O2S. The summed E-state index contributed by atoms with van der Waals surface area (Å²) < 4.78 is 0. The van der Waals surface area contributed by atoms with E-state index < -0.39 is 0 Å². The van der Waals surface area contributed by atoms with Crippen LogP contribution >= 0.6 is 11.3 Å². The summed E-state index contributed by atoms with van der Waals surface area (Å²) >= 11 is 1.32. The summed E-state index contributed by atoms with van der Waals surface area (Å²) in [6, 6.07) is -0.359. The normalized spacial score (nSPS) is 19.7. The molecule has 2 amide bonds. The van der Waals surface area contributed by atoms with Crippen molar-refractivity contribution in [1.29, 1.82) is 0 Å². The molecule has 0 spiro atoms. The van der Waals surface area contributed by atoms with Crippen LogP contribution in [0, 0.1) is 0 Å². The highest BCUT2D eigenvalue weighted by atomic mass is 32.1. The van der Waals surface area contributed by atoms with Crippen LogP contribution in [-0.2, 0) is 16.0 Å². The lowest BCUT2D eigenvalue weighted by atomic mass is 10.1. The minimum Gasteiger partial charge on any atom is -0.375 e. The highest BCUT2D eigenvalue weighted by Crippen LogP contribution is 2.15. The molecule has 2 heterocycles. The van der Waals surface area contributed by atoms with Crippen molar-refractivity contribution in [2.24, 2.45) is 0 Å². The molecule has 1 fully saturated rings. The van der Waals surface area contributed by atoms with Crippen LogP contribution < -0.4 is 11.1 Å². The summed E-state index contributed by atoms with van der Waals surface area (Å²) in [4.78, 5) is 29.5. The maximum absolute atomic E-state index is 12.2. The molecule has 0 bridgehead atoms. The molecule has 6 nitrogen and oxygen atoms in total. The second-order valence-corrected chi connectivity index (χ2v) is 5.05. The average molecular weight is 268 g/mol. The van der Waals surface area contributed by atoms with Crippen molar-refractivity contribution in [2.45, 2.75) is 25.8 Å². The largest absolute Gasteiger partial charge is 0.375 e.